The summed E-state index contributed by atoms with van der Waals surface area (Å²) >= 11 is 0. The van der Waals surface area contributed by atoms with Crippen LogP contribution in [0.25, 0.3) is 0 Å². The Morgan fingerprint density at radius 1 is 1.00 bits per heavy atom. The van der Waals surface area contributed by atoms with Crippen molar-refractivity contribution in [1.29, 1.82) is 0 Å². The van der Waals surface area contributed by atoms with E-state index in [2.05, 4.69) is 32.6 Å². The summed E-state index contributed by atoms with van der Waals surface area (Å²) in [5, 5.41) is 0. The molecule has 0 aliphatic rings. The number of hydrogen-bond donors (Lipinski definition) is 0. The predicted octanol–water partition coefficient (Wildman–Crippen LogP) is 3.67. The lowest BCUT2D eigenvalue weighted by Crippen LogP contribution is -2.37. The van der Waals surface area contributed by atoms with E-state index in [1.54, 1.807) is 0 Å². The maximum Gasteiger partial charge on any atom is 0.191 e. The van der Waals surface area contributed by atoms with E-state index in [-0.39, 0.29) is 0 Å². The van der Waals surface area contributed by atoms with Crippen LogP contribution in [-0.2, 0) is 4.43 Å². The average Bonchev–Trinajstić information content (AvgIpc) is 2.32. The Morgan fingerprint density at radius 3 is 1.75 bits per heavy atom. The summed E-state index contributed by atoms with van der Waals surface area (Å²) in [4.78, 5) is 0. The van der Waals surface area contributed by atoms with Gasteiger partial charge in [0, 0.05) is 25.4 Å². The van der Waals surface area contributed by atoms with Gasteiger partial charge in [0.2, 0.25) is 0 Å². The van der Waals surface area contributed by atoms with E-state index in [0.29, 0.717) is 5.92 Å². The van der Waals surface area contributed by atoms with E-state index >= 15 is 0 Å². The summed E-state index contributed by atoms with van der Waals surface area (Å²) in [6, 6.07) is 3.54. The van der Waals surface area contributed by atoms with Gasteiger partial charge >= 0.3 is 0 Å². The van der Waals surface area contributed by atoms with Crippen molar-refractivity contribution in [1.82, 2.24) is 0 Å². The molecule has 0 aliphatic carbocycles. The molecule has 0 atom stereocenters. The monoisotopic (exact) mass is 236 g/mol. The fourth-order valence-electron chi connectivity index (χ4n) is 1.87. The van der Waals surface area contributed by atoms with Gasteiger partial charge in [0.15, 0.2) is 8.32 Å². The zero-order valence-corrected chi connectivity index (χ0v) is 11.9. The Hall–Kier alpha value is -0.703. The van der Waals surface area contributed by atoms with Crippen molar-refractivity contribution in [3.05, 3.63) is 0 Å². The average molecular weight is 236 g/mol. The lowest BCUT2D eigenvalue weighted by Gasteiger charge is -2.29. The van der Waals surface area contributed by atoms with Crippen LogP contribution in [-0.4, -0.2) is 14.9 Å². The molecule has 16 heavy (non-hydrogen) atoms. The standard InChI is InChI=1S/C14H24OSi/c1-6-11-14(12-7-2)13-15-16(8-3,9-4)10-5/h1-2,14H,8-13H2,3-5H3. The van der Waals surface area contributed by atoms with Crippen LogP contribution >= 0.6 is 0 Å². The first-order chi connectivity index (χ1) is 7.67. The summed E-state index contributed by atoms with van der Waals surface area (Å²) in [6.45, 7) is 7.44. The van der Waals surface area contributed by atoms with Gasteiger partial charge in [-0.2, -0.15) is 0 Å². The van der Waals surface area contributed by atoms with Gasteiger partial charge in [-0.05, 0) is 18.1 Å². The Kier molecular flexibility index (Phi) is 8.08. The van der Waals surface area contributed by atoms with Crippen molar-refractivity contribution >= 4 is 8.32 Å². The minimum absolute atomic E-state index is 0.339. The molecule has 0 radical (unpaired) electrons. The van der Waals surface area contributed by atoms with Crippen LogP contribution in [0.15, 0.2) is 0 Å². The topological polar surface area (TPSA) is 9.23 Å². The van der Waals surface area contributed by atoms with Crippen molar-refractivity contribution in [2.24, 2.45) is 5.92 Å². The van der Waals surface area contributed by atoms with Crippen molar-refractivity contribution < 1.29 is 4.43 Å². The van der Waals surface area contributed by atoms with Gasteiger partial charge in [-0.1, -0.05) is 20.8 Å². The quantitative estimate of drug-likeness (QED) is 0.461. The molecule has 1 nitrogen and oxygen atoms in total. The number of terminal acetylenes is 2. The smallest absolute Gasteiger partial charge is 0.191 e. The van der Waals surface area contributed by atoms with E-state index < -0.39 is 8.32 Å². The first kappa shape index (κ1) is 15.3. The maximum absolute atomic E-state index is 6.19. The van der Waals surface area contributed by atoms with Crippen molar-refractivity contribution in [3.63, 3.8) is 0 Å². The predicted molar refractivity (Wildman–Crippen MR) is 73.5 cm³/mol. The van der Waals surface area contributed by atoms with Crippen LogP contribution in [0.4, 0.5) is 0 Å². The molecule has 0 heterocycles. The van der Waals surface area contributed by atoms with Crippen LogP contribution in [0.2, 0.25) is 18.1 Å². The molecule has 0 aromatic rings. The molecule has 0 aromatic carbocycles. The third-order valence-corrected chi connectivity index (χ3v) is 8.02. The maximum atomic E-state index is 6.19. The molecule has 0 fully saturated rings. The Morgan fingerprint density at radius 2 is 1.44 bits per heavy atom. The van der Waals surface area contributed by atoms with Gasteiger partial charge in [0.1, 0.15) is 0 Å². The highest BCUT2D eigenvalue weighted by Gasteiger charge is 2.29. The molecule has 0 rings (SSSR count). The first-order valence-electron chi connectivity index (χ1n) is 6.18. The summed E-state index contributed by atoms with van der Waals surface area (Å²) in [5.74, 6) is 5.70. The van der Waals surface area contributed by atoms with Gasteiger partial charge in [-0.3, -0.25) is 0 Å². The Bertz CT molecular complexity index is 231. The molecular weight excluding hydrogens is 212 g/mol. The third-order valence-electron chi connectivity index (χ3n) is 3.37. The van der Waals surface area contributed by atoms with Gasteiger partial charge in [-0.15, -0.1) is 24.7 Å². The summed E-state index contributed by atoms with van der Waals surface area (Å²) in [7, 11) is -1.48. The highest BCUT2D eigenvalue weighted by molar-refractivity contribution is 6.73. The van der Waals surface area contributed by atoms with Crippen LogP contribution < -0.4 is 0 Å². The molecule has 0 amide bonds. The molecule has 0 spiro atoms. The lowest BCUT2D eigenvalue weighted by molar-refractivity contribution is 0.239. The minimum Gasteiger partial charge on any atom is -0.416 e. The lowest BCUT2D eigenvalue weighted by atomic mass is 10.0. The van der Waals surface area contributed by atoms with Crippen LogP contribution in [0.5, 0.6) is 0 Å². The first-order valence-corrected chi connectivity index (χ1v) is 8.71. The van der Waals surface area contributed by atoms with Crippen molar-refractivity contribution in [2.75, 3.05) is 6.61 Å². The highest BCUT2D eigenvalue weighted by Crippen LogP contribution is 2.23. The molecule has 0 bridgehead atoms. The van der Waals surface area contributed by atoms with Gasteiger partial charge < -0.3 is 4.43 Å². The molecule has 0 aromatic heterocycles. The number of hydrogen-bond acceptors (Lipinski definition) is 1. The van der Waals surface area contributed by atoms with Crippen LogP contribution in [0.1, 0.15) is 33.6 Å². The Labute approximate surface area is 102 Å². The number of rotatable bonds is 8. The van der Waals surface area contributed by atoms with E-state index in [9.17, 15) is 0 Å². The second-order valence-corrected chi connectivity index (χ2v) is 9.01. The second kappa shape index (κ2) is 8.45. The van der Waals surface area contributed by atoms with E-state index in [4.69, 9.17) is 17.3 Å². The van der Waals surface area contributed by atoms with Crippen LogP contribution in [0, 0.1) is 30.6 Å². The van der Waals surface area contributed by atoms with E-state index in [1.807, 2.05) is 0 Å². The Balaban J connectivity index is 4.27. The molecular formula is C14H24OSi. The highest BCUT2D eigenvalue weighted by atomic mass is 28.4. The molecule has 0 saturated heterocycles. The zero-order valence-electron chi connectivity index (χ0n) is 10.9. The fourth-order valence-corrected chi connectivity index (χ4v) is 4.58. The second-order valence-electron chi connectivity index (χ2n) is 4.24. The summed E-state index contributed by atoms with van der Waals surface area (Å²) in [5.41, 5.74) is 0. The molecule has 0 N–H and O–H groups in total. The van der Waals surface area contributed by atoms with Crippen LogP contribution in [0.3, 0.4) is 0 Å². The molecule has 0 aliphatic heterocycles. The SMILES string of the molecule is C#CCC(CC#C)CO[Si](CC)(CC)CC. The van der Waals surface area contributed by atoms with E-state index in [0.717, 1.165) is 19.4 Å². The van der Waals surface area contributed by atoms with E-state index in [1.165, 1.54) is 18.1 Å². The third kappa shape index (κ3) is 4.88. The zero-order chi connectivity index (χ0) is 12.4. The fraction of sp³-hybridized carbons (Fsp3) is 0.714. The van der Waals surface area contributed by atoms with Gasteiger partial charge in [0.25, 0.3) is 0 Å². The minimum atomic E-state index is -1.48. The van der Waals surface area contributed by atoms with Gasteiger partial charge in [0.05, 0.1) is 0 Å². The summed E-state index contributed by atoms with van der Waals surface area (Å²) < 4.78 is 6.19. The largest absolute Gasteiger partial charge is 0.416 e. The van der Waals surface area contributed by atoms with Crippen molar-refractivity contribution in [2.45, 2.75) is 51.7 Å². The van der Waals surface area contributed by atoms with Gasteiger partial charge in [-0.25, -0.2) is 0 Å². The molecule has 2 heteroatoms. The molecule has 0 unspecified atom stereocenters. The molecule has 0 saturated carbocycles. The van der Waals surface area contributed by atoms with Crippen molar-refractivity contribution in [3.8, 4) is 24.7 Å². The normalized spacial score (nSPS) is 11.1. The molecule has 90 valence electrons. The summed E-state index contributed by atoms with van der Waals surface area (Å²) in [6.07, 6.45) is 12.1.